The molecule has 0 unspecified atom stereocenters. The number of halogens is 1. The molecule has 0 saturated carbocycles. The average Bonchev–Trinajstić information content (AvgIpc) is 2.91. The number of piperazine rings is 1. The fourth-order valence-corrected chi connectivity index (χ4v) is 2.41. The van der Waals surface area contributed by atoms with Gasteiger partial charge in [0.2, 0.25) is 0 Å². The summed E-state index contributed by atoms with van der Waals surface area (Å²) in [7, 11) is 0. The third-order valence-electron chi connectivity index (χ3n) is 3.49. The molecule has 2 N–H and O–H groups in total. The lowest BCUT2D eigenvalue weighted by molar-refractivity contribution is 0.119. The maximum absolute atomic E-state index is 5.88. The summed E-state index contributed by atoms with van der Waals surface area (Å²) >= 11 is 5.88. The number of hydrogen-bond acceptors (Lipinski definition) is 5. The van der Waals surface area contributed by atoms with Gasteiger partial charge in [-0.15, -0.1) is 0 Å². The van der Waals surface area contributed by atoms with Gasteiger partial charge in [-0.2, -0.15) is 0 Å². The molecule has 0 amide bonds. The number of nitrogens with two attached hydrogens (primary N) is 1. The third-order valence-corrected chi connectivity index (χ3v) is 3.74. The van der Waals surface area contributed by atoms with E-state index in [0.29, 0.717) is 0 Å². The normalized spacial score (nSPS) is 17.5. The zero-order valence-corrected chi connectivity index (χ0v) is 11.9. The third kappa shape index (κ3) is 3.19. The average molecular weight is 293 g/mol. The molecule has 2 heterocycles. The first-order valence-corrected chi connectivity index (χ1v) is 7.02. The van der Waals surface area contributed by atoms with Gasteiger partial charge in [0.1, 0.15) is 5.69 Å². The van der Waals surface area contributed by atoms with Crippen molar-refractivity contribution in [2.24, 2.45) is 5.84 Å². The van der Waals surface area contributed by atoms with E-state index in [1.54, 1.807) is 0 Å². The molecule has 5 nitrogen and oxygen atoms in total. The van der Waals surface area contributed by atoms with Crippen LogP contribution in [-0.4, -0.2) is 41.2 Å². The number of hydrogen-bond donors (Lipinski definition) is 1. The lowest BCUT2D eigenvalue weighted by Gasteiger charge is -2.30. The molecule has 1 aliphatic heterocycles. The molecule has 2 aromatic rings. The second-order valence-corrected chi connectivity index (χ2v) is 5.43. The number of rotatable bonds is 3. The summed E-state index contributed by atoms with van der Waals surface area (Å²) in [6.07, 6.45) is 0. The monoisotopic (exact) mass is 292 g/mol. The number of aromatic nitrogens is 1. The molecule has 0 radical (unpaired) electrons. The van der Waals surface area contributed by atoms with E-state index in [-0.39, 0.29) is 0 Å². The minimum atomic E-state index is 0.720. The van der Waals surface area contributed by atoms with Crippen LogP contribution in [0.4, 0.5) is 0 Å². The maximum Gasteiger partial charge on any atom is 0.151 e. The molecule has 6 heteroatoms. The van der Waals surface area contributed by atoms with Crippen LogP contribution in [0.3, 0.4) is 0 Å². The fraction of sp³-hybridized carbons (Fsp3) is 0.357. The van der Waals surface area contributed by atoms with Crippen molar-refractivity contribution in [3.8, 4) is 11.3 Å². The van der Waals surface area contributed by atoms with Crippen LogP contribution in [0, 0.1) is 0 Å². The number of nitrogens with zero attached hydrogens (tertiary/aromatic N) is 3. The van der Waals surface area contributed by atoms with Crippen molar-refractivity contribution in [3.05, 3.63) is 41.1 Å². The molecule has 0 bridgehead atoms. The standard InChI is InChI=1S/C14H17ClN4O/c15-12-3-1-11(2-4-12)14-9-13(20-17-14)10-18-5-7-19(16)8-6-18/h1-4,9H,5-8,10,16H2. The first kappa shape index (κ1) is 13.6. The van der Waals surface area contributed by atoms with Crippen LogP contribution in [0.1, 0.15) is 5.76 Å². The molecule has 0 atom stereocenters. The Labute approximate surface area is 122 Å². The zero-order valence-electron chi connectivity index (χ0n) is 11.1. The lowest BCUT2D eigenvalue weighted by atomic mass is 10.1. The highest BCUT2D eigenvalue weighted by molar-refractivity contribution is 6.30. The van der Waals surface area contributed by atoms with Crippen molar-refractivity contribution in [2.75, 3.05) is 26.2 Å². The van der Waals surface area contributed by atoms with Crippen LogP contribution in [-0.2, 0) is 6.54 Å². The minimum Gasteiger partial charge on any atom is -0.359 e. The van der Waals surface area contributed by atoms with Gasteiger partial charge in [-0.25, -0.2) is 5.01 Å². The number of hydrazine groups is 1. The molecule has 0 spiro atoms. The molecular weight excluding hydrogens is 276 g/mol. The van der Waals surface area contributed by atoms with Gasteiger partial charge in [0.25, 0.3) is 0 Å². The molecule has 1 saturated heterocycles. The largest absolute Gasteiger partial charge is 0.359 e. The van der Waals surface area contributed by atoms with Crippen molar-refractivity contribution < 1.29 is 4.52 Å². The molecule has 1 aliphatic rings. The molecule has 0 aliphatic carbocycles. The summed E-state index contributed by atoms with van der Waals surface area (Å²) in [5.41, 5.74) is 1.85. The van der Waals surface area contributed by atoms with Crippen molar-refractivity contribution in [1.29, 1.82) is 0 Å². The Kier molecular flexibility index (Phi) is 4.03. The lowest BCUT2D eigenvalue weighted by Crippen LogP contribution is -2.48. The summed E-state index contributed by atoms with van der Waals surface area (Å²) in [5.74, 6) is 6.62. The van der Waals surface area contributed by atoms with Gasteiger partial charge >= 0.3 is 0 Å². The molecule has 3 rings (SSSR count). The summed E-state index contributed by atoms with van der Waals surface area (Å²) in [6.45, 7) is 4.45. The van der Waals surface area contributed by atoms with E-state index in [4.69, 9.17) is 22.0 Å². The van der Waals surface area contributed by atoms with Crippen LogP contribution in [0.15, 0.2) is 34.9 Å². The van der Waals surface area contributed by atoms with Crippen molar-refractivity contribution in [2.45, 2.75) is 6.54 Å². The SMILES string of the molecule is NN1CCN(Cc2cc(-c3ccc(Cl)cc3)no2)CC1. The molecule has 1 aromatic carbocycles. The molecule has 106 valence electrons. The van der Waals surface area contributed by atoms with E-state index in [1.807, 2.05) is 35.3 Å². The van der Waals surface area contributed by atoms with E-state index in [1.165, 1.54) is 0 Å². The second kappa shape index (κ2) is 5.93. The topological polar surface area (TPSA) is 58.5 Å². The van der Waals surface area contributed by atoms with E-state index in [9.17, 15) is 0 Å². The summed E-state index contributed by atoms with van der Waals surface area (Å²) in [5, 5.41) is 6.68. The first-order valence-electron chi connectivity index (χ1n) is 6.64. The van der Waals surface area contributed by atoms with E-state index in [0.717, 1.165) is 54.8 Å². The molecule has 1 fully saturated rings. The second-order valence-electron chi connectivity index (χ2n) is 5.00. The highest BCUT2D eigenvalue weighted by Crippen LogP contribution is 2.22. The molecular formula is C14H17ClN4O. The van der Waals surface area contributed by atoms with Crippen molar-refractivity contribution in [3.63, 3.8) is 0 Å². The van der Waals surface area contributed by atoms with Gasteiger partial charge in [-0.3, -0.25) is 10.7 Å². The van der Waals surface area contributed by atoms with Gasteiger partial charge < -0.3 is 4.52 Å². The first-order chi connectivity index (χ1) is 9.70. The van der Waals surface area contributed by atoms with Gasteiger partial charge in [0.15, 0.2) is 5.76 Å². The van der Waals surface area contributed by atoms with E-state index in [2.05, 4.69) is 10.1 Å². The Morgan fingerprint density at radius 1 is 1.15 bits per heavy atom. The van der Waals surface area contributed by atoms with Crippen molar-refractivity contribution >= 4 is 11.6 Å². The summed E-state index contributed by atoms with van der Waals surface area (Å²) < 4.78 is 5.41. The smallest absolute Gasteiger partial charge is 0.151 e. The van der Waals surface area contributed by atoms with E-state index < -0.39 is 0 Å². The molecule has 20 heavy (non-hydrogen) atoms. The van der Waals surface area contributed by atoms with Gasteiger partial charge in [-0.05, 0) is 12.1 Å². The van der Waals surface area contributed by atoms with Gasteiger partial charge in [-0.1, -0.05) is 28.9 Å². The minimum absolute atomic E-state index is 0.720. The Hall–Kier alpha value is -1.40. The maximum atomic E-state index is 5.88. The molecule has 1 aromatic heterocycles. The van der Waals surface area contributed by atoms with E-state index >= 15 is 0 Å². The fourth-order valence-electron chi connectivity index (χ4n) is 2.29. The predicted octanol–water partition coefficient (Wildman–Crippen LogP) is 1.99. The van der Waals surface area contributed by atoms with Crippen LogP contribution < -0.4 is 5.84 Å². The summed E-state index contributed by atoms with van der Waals surface area (Å²) in [4.78, 5) is 2.31. The highest BCUT2D eigenvalue weighted by Gasteiger charge is 2.16. The van der Waals surface area contributed by atoms with Crippen LogP contribution in [0.25, 0.3) is 11.3 Å². The van der Waals surface area contributed by atoms with Crippen LogP contribution in [0.2, 0.25) is 5.02 Å². The Bertz CT molecular complexity index is 561. The van der Waals surface area contributed by atoms with Crippen LogP contribution in [0.5, 0.6) is 0 Å². The Morgan fingerprint density at radius 2 is 1.85 bits per heavy atom. The highest BCUT2D eigenvalue weighted by atomic mass is 35.5. The summed E-state index contributed by atoms with van der Waals surface area (Å²) in [6, 6.07) is 9.57. The van der Waals surface area contributed by atoms with Gasteiger partial charge in [0, 0.05) is 42.8 Å². The zero-order chi connectivity index (χ0) is 13.9. The van der Waals surface area contributed by atoms with Gasteiger partial charge in [0.05, 0.1) is 6.54 Å². The van der Waals surface area contributed by atoms with Crippen molar-refractivity contribution in [1.82, 2.24) is 15.1 Å². The number of benzene rings is 1. The van der Waals surface area contributed by atoms with Crippen LogP contribution >= 0.6 is 11.6 Å². The quantitative estimate of drug-likeness (QED) is 0.877. The Morgan fingerprint density at radius 3 is 2.55 bits per heavy atom. The Balaban J connectivity index is 1.66. The predicted molar refractivity (Wildman–Crippen MR) is 78.0 cm³/mol.